The van der Waals surface area contributed by atoms with E-state index in [9.17, 15) is 15.3 Å². The minimum atomic E-state index is -1.10. The first-order valence-electron chi connectivity index (χ1n) is 10.8. The molecule has 4 aliphatic carbocycles. The Balaban J connectivity index is 1.66. The third-order valence-corrected chi connectivity index (χ3v) is 9.67. The summed E-state index contributed by atoms with van der Waals surface area (Å²) in [6.07, 6.45) is 9.35. The summed E-state index contributed by atoms with van der Waals surface area (Å²) in [5.41, 5.74) is -0.892. The number of fused-ring (bicyclic) bond motifs is 5. The number of hydrogen-bond acceptors (Lipinski definition) is 3. The normalized spacial score (nSPS) is 58.3. The average molecular weight is 351 g/mol. The van der Waals surface area contributed by atoms with E-state index in [0.717, 1.165) is 25.2 Å². The summed E-state index contributed by atoms with van der Waals surface area (Å²) in [4.78, 5) is 0. The van der Waals surface area contributed by atoms with Gasteiger partial charge in [0.1, 0.15) is 0 Å². The molecule has 144 valence electrons. The molecule has 9 atom stereocenters. The van der Waals surface area contributed by atoms with Gasteiger partial charge in [0.2, 0.25) is 0 Å². The largest absolute Gasteiger partial charge is 0.393 e. The highest BCUT2D eigenvalue weighted by molar-refractivity contribution is 5.16. The summed E-state index contributed by atoms with van der Waals surface area (Å²) in [6.45, 7) is 7.06. The zero-order valence-electron chi connectivity index (χ0n) is 16.4. The first kappa shape index (κ1) is 18.3. The van der Waals surface area contributed by atoms with E-state index in [1.165, 1.54) is 38.5 Å². The lowest BCUT2D eigenvalue weighted by Gasteiger charge is -2.65. The Labute approximate surface area is 153 Å². The molecule has 4 rings (SSSR count). The standard InChI is InChI=1S/C22H38O3/c1-4-5-14-6-7-17-16-12-19(24)22(25)13-15(23)8-11-21(22,3)18(16)9-10-20(14,17)2/h14-19,23-25H,4-13H2,1-3H3/t14?,15-,16?,17?,18?,19+,20+,21+,22-/m0/s1. The van der Waals surface area contributed by atoms with Gasteiger partial charge in [-0.1, -0.05) is 33.6 Å². The van der Waals surface area contributed by atoms with Crippen molar-refractivity contribution >= 4 is 0 Å². The molecule has 25 heavy (non-hydrogen) atoms. The summed E-state index contributed by atoms with van der Waals surface area (Å²) >= 11 is 0. The Bertz CT molecular complexity index is 521. The molecule has 3 nitrogen and oxygen atoms in total. The molecule has 0 heterocycles. The van der Waals surface area contributed by atoms with Crippen molar-refractivity contribution < 1.29 is 15.3 Å². The second-order valence-corrected chi connectivity index (χ2v) is 10.5. The Morgan fingerprint density at radius 2 is 1.72 bits per heavy atom. The van der Waals surface area contributed by atoms with E-state index in [1.807, 2.05) is 0 Å². The third kappa shape index (κ3) is 2.34. The molecule has 3 N–H and O–H groups in total. The van der Waals surface area contributed by atoms with Crippen LogP contribution in [0.4, 0.5) is 0 Å². The summed E-state index contributed by atoms with van der Waals surface area (Å²) in [5.74, 6) is 2.62. The van der Waals surface area contributed by atoms with E-state index < -0.39 is 17.8 Å². The van der Waals surface area contributed by atoms with Gasteiger partial charge in [-0.05, 0) is 74.0 Å². The van der Waals surface area contributed by atoms with Crippen LogP contribution in [0.3, 0.4) is 0 Å². The smallest absolute Gasteiger partial charge is 0.0985 e. The molecule has 4 unspecified atom stereocenters. The predicted molar refractivity (Wildman–Crippen MR) is 99.0 cm³/mol. The van der Waals surface area contributed by atoms with Crippen LogP contribution in [-0.2, 0) is 0 Å². The summed E-state index contributed by atoms with van der Waals surface area (Å²) in [6, 6.07) is 0. The predicted octanol–water partition coefficient (Wildman–Crippen LogP) is 3.89. The second kappa shape index (κ2) is 5.94. The zero-order chi connectivity index (χ0) is 18.0. The lowest BCUT2D eigenvalue weighted by atomic mass is 9.42. The van der Waals surface area contributed by atoms with Gasteiger partial charge in [-0.15, -0.1) is 0 Å². The number of aliphatic hydroxyl groups is 3. The zero-order valence-corrected chi connectivity index (χ0v) is 16.4. The van der Waals surface area contributed by atoms with E-state index in [0.29, 0.717) is 29.6 Å². The molecule has 4 fully saturated rings. The Hall–Kier alpha value is -0.120. The van der Waals surface area contributed by atoms with Crippen molar-refractivity contribution in [2.45, 2.75) is 103 Å². The van der Waals surface area contributed by atoms with Gasteiger partial charge in [-0.3, -0.25) is 0 Å². The molecule has 0 spiro atoms. The van der Waals surface area contributed by atoms with Crippen molar-refractivity contribution in [2.75, 3.05) is 0 Å². The monoisotopic (exact) mass is 350 g/mol. The molecule has 0 aromatic carbocycles. The second-order valence-electron chi connectivity index (χ2n) is 10.5. The maximum atomic E-state index is 11.5. The highest BCUT2D eigenvalue weighted by Crippen LogP contribution is 2.68. The maximum Gasteiger partial charge on any atom is 0.0985 e. The van der Waals surface area contributed by atoms with E-state index in [1.54, 1.807) is 0 Å². The van der Waals surface area contributed by atoms with Gasteiger partial charge in [0.25, 0.3) is 0 Å². The molecule has 4 saturated carbocycles. The quantitative estimate of drug-likeness (QED) is 0.708. The molecule has 0 aromatic heterocycles. The third-order valence-electron chi connectivity index (χ3n) is 9.67. The van der Waals surface area contributed by atoms with Gasteiger partial charge in [-0.2, -0.15) is 0 Å². The average Bonchev–Trinajstić information content (AvgIpc) is 2.88. The number of aliphatic hydroxyl groups excluding tert-OH is 2. The molecular weight excluding hydrogens is 312 g/mol. The van der Waals surface area contributed by atoms with Crippen LogP contribution >= 0.6 is 0 Å². The van der Waals surface area contributed by atoms with Gasteiger partial charge >= 0.3 is 0 Å². The van der Waals surface area contributed by atoms with E-state index in [-0.39, 0.29) is 5.41 Å². The molecule has 4 aliphatic rings. The Morgan fingerprint density at radius 3 is 2.44 bits per heavy atom. The fourth-order valence-electron chi connectivity index (χ4n) is 8.19. The molecule has 0 aliphatic heterocycles. The molecule has 0 aromatic rings. The van der Waals surface area contributed by atoms with Crippen molar-refractivity contribution in [3.63, 3.8) is 0 Å². The van der Waals surface area contributed by atoms with Gasteiger partial charge in [-0.25, -0.2) is 0 Å². The van der Waals surface area contributed by atoms with Crippen molar-refractivity contribution in [3.05, 3.63) is 0 Å². The lowest BCUT2D eigenvalue weighted by molar-refractivity contribution is -0.264. The van der Waals surface area contributed by atoms with Crippen molar-refractivity contribution in [1.29, 1.82) is 0 Å². The van der Waals surface area contributed by atoms with E-state index in [4.69, 9.17) is 0 Å². The Morgan fingerprint density at radius 1 is 0.960 bits per heavy atom. The highest BCUT2D eigenvalue weighted by atomic mass is 16.3. The highest BCUT2D eigenvalue weighted by Gasteiger charge is 2.67. The SMILES string of the molecule is CCCC1CCC2C3C[C@@H](O)[C@@]4(O)C[C@@H](O)CC[C@]4(C)C3CC[C@]12C. The van der Waals surface area contributed by atoms with Crippen LogP contribution in [0.2, 0.25) is 0 Å². The molecule has 3 heteroatoms. The summed E-state index contributed by atoms with van der Waals surface area (Å²) in [5, 5.41) is 32.6. The van der Waals surface area contributed by atoms with Crippen LogP contribution in [-0.4, -0.2) is 33.1 Å². The fraction of sp³-hybridized carbons (Fsp3) is 1.00. The van der Waals surface area contributed by atoms with Crippen molar-refractivity contribution in [2.24, 2.45) is 34.5 Å². The van der Waals surface area contributed by atoms with Crippen LogP contribution in [0.1, 0.15) is 85.0 Å². The van der Waals surface area contributed by atoms with Crippen LogP contribution in [0.5, 0.6) is 0 Å². The topological polar surface area (TPSA) is 60.7 Å². The molecule has 0 saturated heterocycles. The minimum Gasteiger partial charge on any atom is -0.393 e. The van der Waals surface area contributed by atoms with Crippen LogP contribution < -0.4 is 0 Å². The molecule has 0 radical (unpaired) electrons. The van der Waals surface area contributed by atoms with E-state index in [2.05, 4.69) is 20.8 Å². The molecule has 0 amide bonds. The van der Waals surface area contributed by atoms with Gasteiger partial charge in [0.15, 0.2) is 0 Å². The number of rotatable bonds is 2. The minimum absolute atomic E-state index is 0.237. The van der Waals surface area contributed by atoms with Crippen LogP contribution in [0, 0.1) is 34.5 Å². The van der Waals surface area contributed by atoms with Crippen LogP contribution in [0.15, 0.2) is 0 Å². The van der Waals surface area contributed by atoms with Crippen molar-refractivity contribution in [3.8, 4) is 0 Å². The van der Waals surface area contributed by atoms with Gasteiger partial charge < -0.3 is 15.3 Å². The van der Waals surface area contributed by atoms with E-state index >= 15 is 0 Å². The van der Waals surface area contributed by atoms with Gasteiger partial charge in [0.05, 0.1) is 17.8 Å². The maximum absolute atomic E-state index is 11.5. The molecule has 0 bridgehead atoms. The fourth-order valence-corrected chi connectivity index (χ4v) is 8.19. The van der Waals surface area contributed by atoms with Crippen LogP contribution in [0.25, 0.3) is 0 Å². The number of hydrogen-bond donors (Lipinski definition) is 3. The summed E-state index contributed by atoms with van der Waals surface area (Å²) < 4.78 is 0. The summed E-state index contributed by atoms with van der Waals surface area (Å²) in [7, 11) is 0. The van der Waals surface area contributed by atoms with Crippen molar-refractivity contribution in [1.82, 2.24) is 0 Å². The first-order chi connectivity index (χ1) is 11.8. The first-order valence-corrected chi connectivity index (χ1v) is 10.8. The Kier molecular flexibility index (Phi) is 4.34. The molecular formula is C22H38O3. The lowest BCUT2D eigenvalue weighted by Crippen LogP contribution is -2.68. The van der Waals surface area contributed by atoms with Gasteiger partial charge in [0, 0.05) is 11.8 Å².